The Labute approximate surface area is 151 Å². The summed E-state index contributed by atoms with van der Waals surface area (Å²) in [6, 6.07) is 7.55. The molecule has 132 valence electrons. The van der Waals surface area contributed by atoms with Gasteiger partial charge in [-0.15, -0.1) is 10.2 Å². The van der Waals surface area contributed by atoms with Gasteiger partial charge in [-0.3, -0.25) is 9.59 Å². The monoisotopic (exact) mass is 358 g/mol. The molecular formula is C18H22N4O2S. The number of rotatable bonds is 4. The van der Waals surface area contributed by atoms with Crippen molar-refractivity contribution in [3.8, 4) is 0 Å². The van der Waals surface area contributed by atoms with E-state index in [0.717, 1.165) is 29.8 Å². The Kier molecular flexibility index (Phi) is 5.43. The van der Waals surface area contributed by atoms with Crippen molar-refractivity contribution < 1.29 is 9.59 Å². The standard InChI is InChI=1S/C18H22N4O2S/c1-3-15-20-21-18(25-15)19-16(23)14-5-4-10-22(11-14)17(24)13-8-6-12(2)7-9-13/h6-9,14H,3-5,10-11H2,1-2H3,(H,19,21,23). The van der Waals surface area contributed by atoms with Crippen LogP contribution in [0.1, 0.15) is 40.7 Å². The number of likely N-dealkylation sites (tertiary alicyclic amines) is 1. The second kappa shape index (κ2) is 7.74. The van der Waals surface area contributed by atoms with Gasteiger partial charge in [0.05, 0.1) is 5.92 Å². The van der Waals surface area contributed by atoms with Crippen LogP contribution in [0.15, 0.2) is 24.3 Å². The van der Waals surface area contributed by atoms with E-state index in [2.05, 4.69) is 15.5 Å². The maximum atomic E-state index is 12.7. The molecule has 0 aliphatic carbocycles. The van der Waals surface area contributed by atoms with E-state index in [-0.39, 0.29) is 17.7 Å². The van der Waals surface area contributed by atoms with Crippen LogP contribution in [0.2, 0.25) is 0 Å². The average Bonchev–Trinajstić information content (AvgIpc) is 3.09. The normalized spacial score (nSPS) is 17.4. The number of hydrogen-bond acceptors (Lipinski definition) is 5. The molecule has 1 aromatic heterocycles. The van der Waals surface area contributed by atoms with Gasteiger partial charge in [0, 0.05) is 18.7 Å². The predicted octanol–water partition coefficient (Wildman–Crippen LogP) is 2.90. The highest BCUT2D eigenvalue weighted by Gasteiger charge is 2.29. The van der Waals surface area contributed by atoms with Crippen LogP contribution in [-0.4, -0.2) is 40.0 Å². The van der Waals surface area contributed by atoms with Gasteiger partial charge in [0.1, 0.15) is 5.01 Å². The zero-order valence-electron chi connectivity index (χ0n) is 14.5. The van der Waals surface area contributed by atoms with Crippen molar-refractivity contribution in [1.29, 1.82) is 0 Å². The molecule has 1 atom stereocenters. The summed E-state index contributed by atoms with van der Waals surface area (Å²) in [6.07, 6.45) is 2.41. The molecule has 2 aromatic rings. The highest BCUT2D eigenvalue weighted by molar-refractivity contribution is 7.15. The smallest absolute Gasteiger partial charge is 0.253 e. The van der Waals surface area contributed by atoms with Gasteiger partial charge in [-0.25, -0.2) is 0 Å². The summed E-state index contributed by atoms with van der Waals surface area (Å²) in [6.45, 7) is 5.13. The summed E-state index contributed by atoms with van der Waals surface area (Å²) in [5.74, 6) is -0.306. The number of hydrogen-bond donors (Lipinski definition) is 1. The fraction of sp³-hybridized carbons (Fsp3) is 0.444. The predicted molar refractivity (Wildman–Crippen MR) is 97.7 cm³/mol. The lowest BCUT2D eigenvalue weighted by Gasteiger charge is -2.32. The molecule has 2 heterocycles. The summed E-state index contributed by atoms with van der Waals surface area (Å²) in [7, 11) is 0. The number of aromatic nitrogens is 2. The van der Waals surface area contributed by atoms with Crippen LogP contribution >= 0.6 is 11.3 Å². The van der Waals surface area contributed by atoms with Gasteiger partial charge in [-0.05, 0) is 38.3 Å². The Bertz CT molecular complexity index is 757. The molecule has 6 nitrogen and oxygen atoms in total. The molecule has 3 rings (SSSR count). The van der Waals surface area contributed by atoms with Crippen molar-refractivity contribution in [3.05, 3.63) is 40.4 Å². The summed E-state index contributed by atoms with van der Waals surface area (Å²) in [4.78, 5) is 26.9. The molecule has 1 aliphatic heterocycles. The Morgan fingerprint density at radius 3 is 2.72 bits per heavy atom. The number of aryl methyl sites for hydroxylation is 2. The molecule has 1 aliphatic rings. The molecule has 1 unspecified atom stereocenters. The molecule has 7 heteroatoms. The lowest BCUT2D eigenvalue weighted by molar-refractivity contribution is -0.121. The van der Waals surface area contributed by atoms with Gasteiger partial charge in [0.25, 0.3) is 5.91 Å². The van der Waals surface area contributed by atoms with E-state index in [1.54, 1.807) is 4.90 Å². The summed E-state index contributed by atoms with van der Waals surface area (Å²) in [5, 5.41) is 12.3. The third-order valence-electron chi connectivity index (χ3n) is 4.38. The maximum Gasteiger partial charge on any atom is 0.253 e. The number of benzene rings is 1. The van der Waals surface area contributed by atoms with E-state index >= 15 is 0 Å². The van der Waals surface area contributed by atoms with E-state index in [0.29, 0.717) is 23.8 Å². The van der Waals surface area contributed by atoms with E-state index in [1.165, 1.54) is 11.3 Å². The minimum absolute atomic E-state index is 0.0123. The Morgan fingerprint density at radius 1 is 1.28 bits per heavy atom. The molecule has 1 aromatic carbocycles. The van der Waals surface area contributed by atoms with Gasteiger partial charge in [0.2, 0.25) is 11.0 Å². The quantitative estimate of drug-likeness (QED) is 0.912. The van der Waals surface area contributed by atoms with E-state index in [1.807, 2.05) is 38.1 Å². The molecule has 1 N–H and O–H groups in total. The van der Waals surface area contributed by atoms with Gasteiger partial charge in [-0.1, -0.05) is 36.0 Å². The van der Waals surface area contributed by atoms with Gasteiger partial charge < -0.3 is 10.2 Å². The lowest BCUT2D eigenvalue weighted by Crippen LogP contribution is -2.43. The van der Waals surface area contributed by atoms with E-state index in [4.69, 9.17) is 0 Å². The van der Waals surface area contributed by atoms with Crippen LogP contribution in [0, 0.1) is 12.8 Å². The molecule has 0 bridgehead atoms. The zero-order chi connectivity index (χ0) is 17.8. The first kappa shape index (κ1) is 17.5. The molecular weight excluding hydrogens is 336 g/mol. The van der Waals surface area contributed by atoms with Crippen molar-refractivity contribution in [2.45, 2.75) is 33.1 Å². The van der Waals surface area contributed by atoms with Crippen molar-refractivity contribution >= 4 is 28.3 Å². The number of amides is 2. The van der Waals surface area contributed by atoms with Crippen molar-refractivity contribution in [2.75, 3.05) is 18.4 Å². The van der Waals surface area contributed by atoms with Crippen LogP contribution in [0.3, 0.4) is 0 Å². The molecule has 0 spiro atoms. The largest absolute Gasteiger partial charge is 0.338 e. The number of nitrogens with zero attached hydrogens (tertiary/aromatic N) is 3. The fourth-order valence-corrected chi connectivity index (χ4v) is 3.59. The Balaban J connectivity index is 1.62. The molecule has 1 fully saturated rings. The SMILES string of the molecule is CCc1nnc(NC(=O)C2CCCN(C(=O)c3ccc(C)cc3)C2)s1. The van der Waals surface area contributed by atoms with Crippen molar-refractivity contribution in [3.63, 3.8) is 0 Å². The van der Waals surface area contributed by atoms with Gasteiger partial charge in [-0.2, -0.15) is 0 Å². The van der Waals surface area contributed by atoms with Crippen molar-refractivity contribution in [1.82, 2.24) is 15.1 Å². The minimum Gasteiger partial charge on any atom is -0.338 e. The maximum absolute atomic E-state index is 12.7. The lowest BCUT2D eigenvalue weighted by atomic mass is 9.96. The van der Waals surface area contributed by atoms with Crippen LogP contribution < -0.4 is 5.32 Å². The second-order valence-electron chi connectivity index (χ2n) is 6.30. The van der Waals surface area contributed by atoms with Crippen LogP contribution in [0.25, 0.3) is 0 Å². The van der Waals surface area contributed by atoms with Gasteiger partial charge in [0.15, 0.2) is 0 Å². The van der Waals surface area contributed by atoms with E-state index < -0.39 is 0 Å². The Hall–Kier alpha value is -2.28. The highest BCUT2D eigenvalue weighted by Crippen LogP contribution is 2.22. The number of nitrogens with one attached hydrogen (secondary N) is 1. The first-order valence-electron chi connectivity index (χ1n) is 8.56. The number of carbonyl (C=O) groups is 2. The summed E-state index contributed by atoms with van der Waals surface area (Å²) < 4.78 is 0. The average molecular weight is 358 g/mol. The van der Waals surface area contributed by atoms with E-state index in [9.17, 15) is 9.59 Å². The Morgan fingerprint density at radius 2 is 2.04 bits per heavy atom. The summed E-state index contributed by atoms with van der Waals surface area (Å²) in [5.41, 5.74) is 1.79. The number of piperidine rings is 1. The molecule has 2 amide bonds. The van der Waals surface area contributed by atoms with Crippen LogP contribution in [-0.2, 0) is 11.2 Å². The van der Waals surface area contributed by atoms with Gasteiger partial charge >= 0.3 is 0 Å². The number of anilines is 1. The van der Waals surface area contributed by atoms with Crippen LogP contribution in [0.4, 0.5) is 5.13 Å². The first-order chi connectivity index (χ1) is 12.1. The van der Waals surface area contributed by atoms with Crippen LogP contribution in [0.5, 0.6) is 0 Å². The number of carbonyl (C=O) groups excluding carboxylic acids is 2. The molecule has 1 saturated heterocycles. The molecule has 0 saturated carbocycles. The zero-order valence-corrected chi connectivity index (χ0v) is 15.3. The minimum atomic E-state index is -0.211. The highest BCUT2D eigenvalue weighted by atomic mass is 32.1. The van der Waals surface area contributed by atoms with Crippen molar-refractivity contribution in [2.24, 2.45) is 5.92 Å². The molecule has 0 radical (unpaired) electrons. The third kappa shape index (κ3) is 4.22. The third-order valence-corrected chi connectivity index (χ3v) is 5.36. The first-order valence-corrected chi connectivity index (χ1v) is 9.37. The topological polar surface area (TPSA) is 75.2 Å². The summed E-state index contributed by atoms with van der Waals surface area (Å²) >= 11 is 1.40. The molecule has 25 heavy (non-hydrogen) atoms. The second-order valence-corrected chi connectivity index (χ2v) is 7.36. The fourth-order valence-electron chi connectivity index (χ4n) is 2.91.